The predicted molar refractivity (Wildman–Crippen MR) is 154 cm³/mol. The Balaban J connectivity index is 0. The van der Waals surface area contributed by atoms with Gasteiger partial charge in [0.2, 0.25) is 17.7 Å². The van der Waals surface area contributed by atoms with Gasteiger partial charge in [-0.3, -0.25) is 19.4 Å². The Morgan fingerprint density at radius 2 is 1.45 bits per heavy atom. The summed E-state index contributed by atoms with van der Waals surface area (Å²) in [6.45, 7) is 24.8. The Morgan fingerprint density at radius 3 is 1.89 bits per heavy atom. The minimum absolute atomic E-state index is 0.0318. The van der Waals surface area contributed by atoms with Gasteiger partial charge in [-0.05, 0) is 19.1 Å². The van der Waals surface area contributed by atoms with Crippen LogP contribution in [0, 0.1) is 11.8 Å². The van der Waals surface area contributed by atoms with Crippen LogP contribution in [-0.4, -0.2) is 84.6 Å². The molecule has 3 rings (SSSR count). The van der Waals surface area contributed by atoms with Gasteiger partial charge in [-0.25, -0.2) is 0 Å². The van der Waals surface area contributed by atoms with Crippen LogP contribution in [0.1, 0.15) is 74.9 Å². The molecule has 2 aliphatic rings. The van der Waals surface area contributed by atoms with Crippen LogP contribution in [0.15, 0.2) is 24.4 Å². The molecule has 3 amide bonds. The van der Waals surface area contributed by atoms with Gasteiger partial charge in [0.25, 0.3) is 0 Å². The number of nitrogens with zero attached hydrogens (tertiary/aromatic N) is 3. The molecule has 0 aromatic carbocycles. The second-order valence-electron chi connectivity index (χ2n) is 8.94. The van der Waals surface area contributed by atoms with E-state index in [1.807, 2.05) is 90.3 Å². The SMILES string of the molecule is CC.CC.CC(=O)NCc1ccccn1.CC(C)C(=O)N1CCOCC1.CC1CN(C(=O)C(C)C)CCO1. The van der Waals surface area contributed by atoms with Crippen molar-refractivity contribution in [1.29, 1.82) is 0 Å². The fraction of sp³-hybridized carbons (Fsp3) is 0.724. The largest absolute Gasteiger partial charge is 0.378 e. The van der Waals surface area contributed by atoms with E-state index in [0.29, 0.717) is 26.4 Å². The number of aromatic nitrogens is 1. The number of carbonyl (C=O) groups is 3. The third-order valence-electron chi connectivity index (χ3n) is 5.11. The summed E-state index contributed by atoms with van der Waals surface area (Å²) in [5.74, 6) is 0.678. The molecule has 1 unspecified atom stereocenters. The topological polar surface area (TPSA) is 101 Å². The summed E-state index contributed by atoms with van der Waals surface area (Å²) < 4.78 is 10.5. The van der Waals surface area contributed by atoms with Crippen molar-refractivity contribution in [3.8, 4) is 0 Å². The smallest absolute Gasteiger partial charge is 0.225 e. The Hall–Kier alpha value is -2.52. The quantitative estimate of drug-likeness (QED) is 0.618. The normalized spacial score (nSPS) is 16.3. The Bertz CT molecular complexity index is 738. The van der Waals surface area contributed by atoms with Gasteiger partial charge in [-0.15, -0.1) is 0 Å². The van der Waals surface area contributed by atoms with E-state index in [1.54, 1.807) is 6.20 Å². The third kappa shape index (κ3) is 17.9. The number of pyridine rings is 1. The molecule has 0 bridgehead atoms. The van der Waals surface area contributed by atoms with E-state index in [4.69, 9.17) is 9.47 Å². The Morgan fingerprint density at radius 1 is 0.921 bits per heavy atom. The van der Waals surface area contributed by atoms with E-state index >= 15 is 0 Å². The molecule has 9 nitrogen and oxygen atoms in total. The standard InChI is InChI=1S/C9H17NO2.C8H10N2O.C8H15NO2.2C2H6/c1-7(2)9(11)10-4-5-12-8(3)6-10;1-7(11)10-6-8-4-2-3-5-9-8;1-7(2)8(10)9-3-5-11-6-4-9;2*1-2/h7-8H,4-6H2,1-3H3;2-5H,6H2,1H3,(H,10,11);7H,3-6H2,1-2H3;2*1-2H3. The molecule has 220 valence electrons. The van der Waals surface area contributed by atoms with E-state index in [2.05, 4.69) is 10.3 Å². The highest BCUT2D eigenvalue weighted by Gasteiger charge is 2.22. The van der Waals surface area contributed by atoms with Gasteiger partial charge < -0.3 is 24.6 Å². The lowest BCUT2D eigenvalue weighted by atomic mass is 10.1. The Kier molecular flexibility index (Phi) is 23.4. The highest BCUT2D eigenvalue weighted by molar-refractivity contribution is 5.78. The van der Waals surface area contributed by atoms with Crippen molar-refractivity contribution in [2.75, 3.05) is 46.0 Å². The molecule has 1 N–H and O–H groups in total. The van der Waals surface area contributed by atoms with Crippen LogP contribution in [0.25, 0.3) is 0 Å². The van der Waals surface area contributed by atoms with Gasteiger partial charge >= 0.3 is 0 Å². The van der Waals surface area contributed by atoms with E-state index < -0.39 is 0 Å². The first-order valence-corrected chi connectivity index (χ1v) is 14.0. The zero-order valence-corrected chi connectivity index (χ0v) is 25.6. The molecule has 0 aliphatic carbocycles. The summed E-state index contributed by atoms with van der Waals surface area (Å²) in [6, 6.07) is 5.61. The minimum atomic E-state index is -0.0318. The van der Waals surface area contributed by atoms with Gasteiger partial charge in [0, 0.05) is 51.1 Å². The van der Waals surface area contributed by atoms with Gasteiger partial charge in [0.1, 0.15) is 0 Å². The number of morpholine rings is 2. The maximum atomic E-state index is 11.5. The average molecular weight is 539 g/mol. The van der Waals surface area contributed by atoms with Crippen LogP contribution < -0.4 is 5.32 Å². The summed E-state index contributed by atoms with van der Waals surface area (Å²) in [7, 11) is 0. The lowest BCUT2D eigenvalue weighted by molar-refractivity contribution is -0.141. The van der Waals surface area contributed by atoms with Crippen molar-refractivity contribution in [2.24, 2.45) is 11.8 Å². The number of hydrogen-bond acceptors (Lipinski definition) is 6. The first-order valence-electron chi connectivity index (χ1n) is 14.0. The molecule has 0 radical (unpaired) electrons. The number of nitrogens with one attached hydrogen (secondary N) is 1. The van der Waals surface area contributed by atoms with Crippen molar-refractivity contribution < 1.29 is 23.9 Å². The maximum absolute atomic E-state index is 11.5. The summed E-state index contributed by atoms with van der Waals surface area (Å²) in [6.07, 6.45) is 1.90. The summed E-state index contributed by atoms with van der Waals surface area (Å²) >= 11 is 0. The number of rotatable bonds is 4. The van der Waals surface area contributed by atoms with Crippen molar-refractivity contribution in [1.82, 2.24) is 20.1 Å². The van der Waals surface area contributed by atoms with Crippen LogP contribution in [-0.2, 0) is 30.4 Å². The number of amides is 3. The van der Waals surface area contributed by atoms with Crippen molar-refractivity contribution >= 4 is 17.7 Å². The van der Waals surface area contributed by atoms with Crippen LogP contribution in [0.3, 0.4) is 0 Å². The molecule has 2 fully saturated rings. The third-order valence-corrected chi connectivity index (χ3v) is 5.11. The first-order chi connectivity index (χ1) is 18.1. The van der Waals surface area contributed by atoms with Gasteiger partial charge in [0.15, 0.2) is 0 Å². The average Bonchev–Trinajstić information content (AvgIpc) is 2.95. The minimum Gasteiger partial charge on any atom is -0.378 e. The number of hydrogen-bond donors (Lipinski definition) is 1. The molecule has 9 heteroatoms. The van der Waals surface area contributed by atoms with Crippen molar-refractivity contribution in [2.45, 2.75) is 81.9 Å². The number of ether oxygens (including phenoxy) is 2. The zero-order valence-electron chi connectivity index (χ0n) is 25.6. The summed E-state index contributed by atoms with van der Waals surface area (Å²) in [5.41, 5.74) is 0.878. The molecule has 2 aliphatic heterocycles. The molecule has 1 atom stereocenters. The predicted octanol–water partition coefficient (Wildman–Crippen LogP) is 4.16. The van der Waals surface area contributed by atoms with Gasteiger partial charge in [0.05, 0.1) is 38.2 Å². The van der Waals surface area contributed by atoms with Crippen LogP contribution in [0.2, 0.25) is 0 Å². The summed E-state index contributed by atoms with van der Waals surface area (Å²) in [4.78, 5) is 41.2. The van der Waals surface area contributed by atoms with E-state index in [-0.39, 0.29) is 35.7 Å². The zero-order chi connectivity index (χ0) is 29.5. The van der Waals surface area contributed by atoms with Gasteiger partial charge in [-0.2, -0.15) is 0 Å². The van der Waals surface area contributed by atoms with E-state index in [0.717, 1.165) is 31.9 Å². The first kappa shape index (κ1) is 37.6. The lowest BCUT2D eigenvalue weighted by Gasteiger charge is -2.32. The van der Waals surface area contributed by atoms with Crippen molar-refractivity contribution in [3.63, 3.8) is 0 Å². The van der Waals surface area contributed by atoms with E-state index in [9.17, 15) is 14.4 Å². The molecule has 3 heterocycles. The van der Waals surface area contributed by atoms with Crippen LogP contribution in [0.4, 0.5) is 0 Å². The second kappa shape index (κ2) is 23.6. The molecule has 0 saturated carbocycles. The van der Waals surface area contributed by atoms with Crippen LogP contribution >= 0.6 is 0 Å². The molecular formula is C29H54N4O5. The molecule has 1 aromatic rings. The molecule has 1 aromatic heterocycles. The fourth-order valence-corrected chi connectivity index (χ4v) is 3.25. The monoisotopic (exact) mass is 538 g/mol. The highest BCUT2D eigenvalue weighted by atomic mass is 16.5. The molecule has 0 spiro atoms. The fourth-order valence-electron chi connectivity index (χ4n) is 3.25. The Labute approximate surface area is 231 Å². The number of carbonyl (C=O) groups excluding carboxylic acids is 3. The molecular weight excluding hydrogens is 484 g/mol. The molecule has 2 saturated heterocycles. The van der Waals surface area contributed by atoms with E-state index in [1.165, 1.54) is 6.92 Å². The second-order valence-corrected chi connectivity index (χ2v) is 8.94. The lowest BCUT2D eigenvalue weighted by Crippen LogP contribution is -2.46. The summed E-state index contributed by atoms with van der Waals surface area (Å²) in [5, 5.41) is 2.66. The highest BCUT2D eigenvalue weighted by Crippen LogP contribution is 2.08. The maximum Gasteiger partial charge on any atom is 0.225 e. The molecule has 38 heavy (non-hydrogen) atoms. The van der Waals surface area contributed by atoms with Crippen LogP contribution in [0.5, 0.6) is 0 Å². The van der Waals surface area contributed by atoms with Crippen molar-refractivity contribution in [3.05, 3.63) is 30.1 Å². The van der Waals surface area contributed by atoms with Gasteiger partial charge in [-0.1, -0.05) is 61.5 Å².